The number of hydrogen-bond acceptors (Lipinski definition) is 3. The van der Waals surface area contributed by atoms with E-state index in [9.17, 15) is 4.39 Å². The van der Waals surface area contributed by atoms with Gasteiger partial charge in [0.05, 0.1) is 6.21 Å². The van der Waals surface area contributed by atoms with Crippen molar-refractivity contribution < 1.29 is 4.39 Å². The molecule has 0 atom stereocenters. The van der Waals surface area contributed by atoms with Crippen LogP contribution in [0, 0.1) is 5.82 Å². The van der Waals surface area contributed by atoms with Crippen LogP contribution >= 0.6 is 0 Å². The molecule has 0 spiro atoms. The van der Waals surface area contributed by atoms with Gasteiger partial charge in [0.25, 0.3) is 0 Å². The third-order valence-corrected chi connectivity index (χ3v) is 2.15. The van der Waals surface area contributed by atoms with E-state index in [4.69, 9.17) is 5.73 Å². The van der Waals surface area contributed by atoms with Crippen LogP contribution in [0.15, 0.2) is 58.9 Å². The van der Waals surface area contributed by atoms with Crippen LogP contribution in [0.2, 0.25) is 0 Å². The highest BCUT2D eigenvalue weighted by Crippen LogP contribution is 2.00. The molecular formula is C13H11FN4. The molecule has 2 rings (SSSR count). The molecule has 5 heteroatoms. The van der Waals surface area contributed by atoms with Gasteiger partial charge in [-0.2, -0.15) is 5.10 Å². The Morgan fingerprint density at radius 1 is 1.22 bits per heavy atom. The minimum Gasteiger partial charge on any atom is -0.380 e. The number of nitrogens with two attached hydrogens (primary N) is 1. The molecule has 0 unspecified atom stereocenters. The van der Waals surface area contributed by atoms with E-state index in [0.717, 1.165) is 0 Å². The Bertz CT molecular complexity index is 579. The van der Waals surface area contributed by atoms with Crippen molar-refractivity contribution in [3.8, 4) is 0 Å². The van der Waals surface area contributed by atoms with Gasteiger partial charge >= 0.3 is 0 Å². The SMILES string of the molecule is N/C(=N/N=C/c1cccc(F)c1)c1ccccn1. The molecule has 90 valence electrons. The first kappa shape index (κ1) is 11.9. The maximum absolute atomic E-state index is 12.9. The van der Waals surface area contributed by atoms with Gasteiger partial charge in [-0.05, 0) is 29.8 Å². The van der Waals surface area contributed by atoms with E-state index in [2.05, 4.69) is 15.2 Å². The summed E-state index contributed by atoms with van der Waals surface area (Å²) in [4.78, 5) is 4.03. The van der Waals surface area contributed by atoms with Crippen molar-refractivity contribution in [1.82, 2.24) is 4.98 Å². The zero-order valence-electron chi connectivity index (χ0n) is 9.49. The van der Waals surface area contributed by atoms with Gasteiger partial charge in [-0.3, -0.25) is 4.98 Å². The summed E-state index contributed by atoms with van der Waals surface area (Å²) in [6.45, 7) is 0. The maximum atomic E-state index is 12.9. The van der Waals surface area contributed by atoms with E-state index in [1.54, 1.807) is 36.5 Å². The number of nitrogens with zero attached hydrogens (tertiary/aromatic N) is 3. The first-order valence-electron chi connectivity index (χ1n) is 5.29. The van der Waals surface area contributed by atoms with Gasteiger partial charge in [-0.15, -0.1) is 5.10 Å². The van der Waals surface area contributed by atoms with Crippen LogP contribution in [-0.4, -0.2) is 17.0 Å². The van der Waals surface area contributed by atoms with Gasteiger partial charge in [0.15, 0.2) is 5.84 Å². The van der Waals surface area contributed by atoms with E-state index < -0.39 is 0 Å². The number of pyridine rings is 1. The number of amidine groups is 1. The van der Waals surface area contributed by atoms with Gasteiger partial charge in [0.2, 0.25) is 0 Å². The number of aromatic nitrogens is 1. The zero-order valence-corrected chi connectivity index (χ0v) is 9.49. The van der Waals surface area contributed by atoms with Gasteiger partial charge < -0.3 is 5.73 Å². The molecule has 0 radical (unpaired) electrons. The number of hydrogen-bond donors (Lipinski definition) is 1. The smallest absolute Gasteiger partial charge is 0.171 e. The summed E-state index contributed by atoms with van der Waals surface area (Å²) >= 11 is 0. The number of rotatable bonds is 3. The molecule has 2 N–H and O–H groups in total. The standard InChI is InChI=1S/C13H11FN4/c14-11-5-3-4-10(8-11)9-17-18-13(15)12-6-1-2-7-16-12/h1-9H,(H2,15,18)/b17-9+. The van der Waals surface area contributed by atoms with E-state index in [0.29, 0.717) is 11.3 Å². The third-order valence-electron chi connectivity index (χ3n) is 2.15. The lowest BCUT2D eigenvalue weighted by atomic mass is 10.2. The van der Waals surface area contributed by atoms with Crippen molar-refractivity contribution in [2.45, 2.75) is 0 Å². The Labute approximate surface area is 104 Å². The molecular weight excluding hydrogens is 231 g/mol. The second-order valence-electron chi connectivity index (χ2n) is 3.50. The summed E-state index contributed by atoms with van der Waals surface area (Å²) < 4.78 is 12.9. The Kier molecular flexibility index (Phi) is 3.76. The van der Waals surface area contributed by atoms with E-state index in [-0.39, 0.29) is 11.7 Å². The van der Waals surface area contributed by atoms with Crippen LogP contribution in [0.25, 0.3) is 0 Å². The lowest BCUT2D eigenvalue weighted by Gasteiger charge is -1.95. The van der Waals surface area contributed by atoms with Crippen LogP contribution < -0.4 is 5.73 Å². The molecule has 0 saturated heterocycles. The molecule has 0 bridgehead atoms. The Hall–Kier alpha value is -2.56. The van der Waals surface area contributed by atoms with Crippen molar-refractivity contribution in [3.05, 3.63) is 65.7 Å². The molecule has 4 nitrogen and oxygen atoms in total. The summed E-state index contributed by atoms with van der Waals surface area (Å²) in [5.41, 5.74) is 6.86. The van der Waals surface area contributed by atoms with Crippen LogP contribution in [0.4, 0.5) is 4.39 Å². The van der Waals surface area contributed by atoms with E-state index >= 15 is 0 Å². The predicted octanol–water partition coefficient (Wildman–Crippen LogP) is 1.96. The topological polar surface area (TPSA) is 63.6 Å². The van der Waals surface area contributed by atoms with E-state index in [1.807, 2.05) is 0 Å². The fraction of sp³-hybridized carbons (Fsp3) is 0. The minimum absolute atomic E-state index is 0.211. The molecule has 1 aromatic heterocycles. The Morgan fingerprint density at radius 2 is 2.11 bits per heavy atom. The second-order valence-corrected chi connectivity index (χ2v) is 3.50. The van der Waals surface area contributed by atoms with Gasteiger partial charge in [-0.1, -0.05) is 18.2 Å². The molecule has 1 aromatic carbocycles. The fourth-order valence-corrected chi connectivity index (χ4v) is 1.31. The quantitative estimate of drug-likeness (QED) is 0.508. The monoisotopic (exact) mass is 242 g/mol. The largest absolute Gasteiger partial charge is 0.380 e. The molecule has 2 aromatic rings. The predicted molar refractivity (Wildman–Crippen MR) is 69.0 cm³/mol. The van der Waals surface area contributed by atoms with Crippen LogP contribution in [-0.2, 0) is 0 Å². The van der Waals surface area contributed by atoms with Crippen molar-refractivity contribution >= 4 is 12.1 Å². The fourth-order valence-electron chi connectivity index (χ4n) is 1.31. The first-order chi connectivity index (χ1) is 8.75. The molecule has 0 saturated carbocycles. The summed E-state index contributed by atoms with van der Waals surface area (Å²) in [5, 5.41) is 7.59. The zero-order chi connectivity index (χ0) is 12.8. The number of benzene rings is 1. The molecule has 0 fully saturated rings. The summed E-state index contributed by atoms with van der Waals surface area (Å²) in [7, 11) is 0. The minimum atomic E-state index is -0.319. The van der Waals surface area contributed by atoms with Gasteiger partial charge in [-0.25, -0.2) is 4.39 Å². The van der Waals surface area contributed by atoms with Gasteiger partial charge in [0.1, 0.15) is 11.5 Å². The maximum Gasteiger partial charge on any atom is 0.171 e. The highest BCUT2D eigenvalue weighted by molar-refractivity contribution is 5.95. The molecule has 0 amide bonds. The lowest BCUT2D eigenvalue weighted by Crippen LogP contribution is -2.14. The molecule has 1 heterocycles. The molecule has 0 aliphatic carbocycles. The van der Waals surface area contributed by atoms with Crippen LogP contribution in [0.1, 0.15) is 11.3 Å². The van der Waals surface area contributed by atoms with Gasteiger partial charge in [0, 0.05) is 6.20 Å². The van der Waals surface area contributed by atoms with Crippen molar-refractivity contribution in [2.75, 3.05) is 0 Å². The Balaban J connectivity index is 2.11. The highest BCUT2D eigenvalue weighted by atomic mass is 19.1. The second kappa shape index (κ2) is 5.67. The molecule has 0 aliphatic rings. The highest BCUT2D eigenvalue weighted by Gasteiger charge is 1.96. The summed E-state index contributed by atoms with van der Waals surface area (Å²) in [6, 6.07) is 11.4. The van der Waals surface area contributed by atoms with Crippen molar-refractivity contribution in [1.29, 1.82) is 0 Å². The normalized spacial score (nSPS) is 11.9. The van der Waals surface area contributed by atoms with E-state index in [1.165, 1.54) is 18.3 Å². The average molecular weight is 242 g/mol. The van der Waals surface area contributed by atoms with Crippen molar-refractivity contribution in [2.24, 2.45) is 15.9 Å². The summed E-state index contributed by atoms with van der Waals surface area (Å²) in [6.07, 6.45) is 3.05. The third kappa shape index (κ3) is 3.21. The average Bonchev–Trinajstić information content (AvgIpc) is 2.40. The van der Waals surface area contributed by atoms with Crippen LogP contribution in [0.3, 0.4) is 0 Å². The molecule has 0 aliphatic heterocycles. The first-order valence-corrected chi connectivity index (χ1v) is 5.29. The van der Waals surface area contributed by atoms with Crippen LogP contribution in [0.5, 0.6) is 0 Å². The Morgan fingerprint density at radius 3 is 2.83 bits per heavy atom. The van der Waals surface area contributed by atoms with Crippen molar-refractivity contribution in [3.63, 3.8) is 0 Å². The number of halogens is 1. The molecule has 18 heavy (non-hydrogen) atoms. The summed E-state index contributed by atoms with van der Waals surface area (Å²) in [5.74, 6) is -0.108. The lowest BCUT2D eigenvalue weighted by molar-refractivity contribution is 0.627.